The molecular formula is C25H19N3O6S. The molecule has 1 atom stereocenters. The first-order valence-corrected chi connectivity index (χ1v) is 11.6. The van der Waals surface area contributed by atoms with Gasteiger partial charge in [0.25, 0.3) is 0 Å². The average molecular weight is 490 g/mol. The highest BCUT2D eigenvalue weighted by Crippen LogP contribution is 2.43. The van der Waals surface area contributed by atoms with Crippen LogP contribution in [0.15, 0.2) is 83.1 Å². The average Bonchev–Trinajstić information content (AvgIpc) is 2.86. The summed E-state index contributed by atoms with van der Waals surface area (Å²) in [6.45, 7) is -0.534. The minimum Gasteiger partial charge on any atom is -0.475 e. The number of ether oxygens (including phenoxy) is 3. The first-order valence-electron chi connectivity index (χ1n) is 10.3. The zero-order valence-electron chi connectivity index (χ0n) is 18.5. The van der Waals surface area contributed by atoms with Crippen molar-refractivity contribution >= 4 is 23.4 Å². The first kappa shape index (κ1) is 23.7. The molecule has 10 heteroatoms. The van der Waals surface area contributed by atoms with Crippen molar-refractivity contribution < 1.29 is 23.9 Å². The fourth-order valence-electron chi connectivity index (χ4n) is 3.67. The van der Waals surface area contributed by atoms with Crippen LogP contribution in [-0.2, 0) is 4.79 Å². The van der Waals surface area contributed by atoms with Crippen molar-refractivity contribution in [3.8, 4) is 23.3 Å². The molecule has 35 heavy (non-hydrogen) atoms. The Balaban J connectivity index is 1.54. The van der Waals surface area contributed by atoms with E-state index in [4.69, 9.17) is 19.9 Å². The van der Waals surface area contributed by atoms with Crippen molar-refractivity contribution in [2.45, 2.75) is 10.8 Å². The van der Waals surface area contributed by atoms with E-state index in [1.165, 1.54) is 24.3 Å². The van der Waals surface area contributed by atoms with Gasteiger partial charge in [-0.1, -0.05) is 30.3 Å². The van der Waals surface area contributed by atoms with Crippen LogP contribution in [0.5, 0.6) is 17.2 Å². The van der Waals surface area contributed by atoms with Gasteiger partial charge in [-0.15, -0.1) is 11.8 Å². The zero-order chi connectivity index (χ0) is 24.9. The van der Waals surface area contributed by atoms with Crippen LogP contribution in [0, 0.1) is 21.4 Å². The predicted octanol–water partition coefficient (Wildman–Crippen LogP) is 4.52. The van der Waals surface area contributed by atoms with Crippen molar-refractivity contribution in [3.63, 3.8) is 0 Å². The molecule has 1 heterocycles. The molecule has 176 valence electrons. The number of para-hydroxylation sites is 2. The highest BCUT2D eigenvalue weighted by molar-refractivity contribution is 7.98. The van der Waals surface area contributed by atoms with E-state index in [0.717, 1.165) is 10.5 Å². The molecule has 0 aliphatic carbocycles. The number of benzene rings is 3. The third-order valence-corrected chi connectivity index (χ3v) is 6.02. The summed E-state index contributed by atoms with van der Waals surface area (Å²) < 4.78 is 16.3. The Morgan fingerprint density at radius 3 is 2.63 bits per heavy atom. The number of nitrogens with two attached hydrogens (primary N) is 1. The van der Waals surface area contributed by atoms with Crippen LogP contribution in [0.2, 0.25) is 0 Å². The summed E-state index contributed by atoms with van der Waals surface area (Å²) in [5.41, 5.74) is 7.64. The highest BCUT2D eigenvalue weighted by Gasteiger charge is 2.31. The number of nitriles is 1. The Bertz CT molecular complexity index is 1360. The monoisotopic (exact) mass is 489 g/mol. The van der Waals surface area contributed by atoms with Gasteiger partial charge >= 0.3 is 11.7 Å². The van der Waals surface area contributed by atoms with Gasteiger partial charge in [-0.2, -0.15) is 5.26 Å². The molecule has 0 saturated carbocycles. The van der Waals surface area contributed by atoms with Gasteiger partial charge in [0.15, 0.2) is 12.4 Å². The second kappa shape index (κ2) is 10.2. The molecule has 1 unspecified atom stereocenters. The summed E-state index contributed by atoms with van der Waals surface area (Å²) in [7, 11) is 0. The third kappa shape index (κ3) is 5.05. The maximum Gasteiger partial charge on any atom is 0.349 e. The van der Waals surface area contributed by atoms with Crippen LogP contribution in [0.3, 0.4) is 0 Å². The largest absolute Gasteiger partial charge is 0.475 e. The summed E-state index contributed by atoms with van der Waals surface area (Å²) >= 11 is 1.61. The topological polar surface area (TPSA) is 138 Å². The van der Waals surface area contributed by atoms with Gasteiger partial charge in [-0.3, -0.25) is 10.1 Å². The van der Waals surface area contributed by atoms with E-state index >= 15 is 0 Å². The van der Waals surface area contributed by atoms with E-state index in [-0.39, 0.29) is 28.6 Å². The summed E-state index contributed by atoms with van der Waals surface area (Å²) in [6.07, 6.45) is 1.98. The molecule has 0 fully saturated rings. The first-order chi connectivity index (χ1) is 16.9. The minimum atomic E-state index is -0.760. The molecule has 3 aromatic rings. The van der Waals surface area contributed by atoms with Crippen LogP contribution < -0.4 is 19.9 Å². The molecule has 0 bridgehead atoms. The quantitative estimate of drug-likeness (QED) is 0.167. The minimum absolute atomic E-state index is 0.0258. The molecule has 0 radical (unpaired) electrons. The standard InChI is InChI=1S/C25H19N3O6S/c1-35-17-9-6-15(7-10-17)24-18-11-8-16(12-22(18)34-25(27)19(24)13-26)33-23(29)14-32-21-5-3-2-4-20(21)28(30)31/h2-12,24H,14,27H2,1H3. The van der Waals surface area contributed by atoms with Crippen molar-refractivity contribution in [1.82, 2.24) is 0 Å². The molecule has 3 aromatic carbocycles. The second-order valence-electron chi connectivity index (χ2n) is 7.39. The maximum absolute atomic E-state index is 12.3. The Morgan fingerprint density at radius 1 is 1.20 bits per heavy atom. The number of esters is 1. The number of allylic oxidation sites excluding steroid dienone is 1. The van der Waals surface area contributed by atoms with E-state index in [9.17, 15) is 20.2 Å². The van der Waals surface area contributed by atoms with Crippen LogP contribution in [0.4, 0.5) is 5.69 Å². The van der Waals surface area contributed by atoms with Gasteiger partial charge in [0.05, 0.1) is 10.8 Å². The molecule has 2 N–H and O–H groups in total. The smallest absolute Gasteiger partial charge is 0.349 e. The Labute approximate surface area is 204 Å². The SMILES string of the molecule is CSc1ccc(C2C(C#N)=C(N)Oc3cc(OC(=O)COc4ccccc4[N+](=O)[O-])ccc32)cc1. The van der Waals surface area contributed by atoms with E-state index in [1.54, 1.807) is 30.0 Å². The summed E-state index contributed by atoms with van der Waals surface area (Å²) in [4.78, 5) is 23.9. The summed E-state index contributed by atoms with van der Waals surface area (Å²) in [5.74, 6) is -0.742. The second-order valence-corrected chi connectivity index (χ2v) is 8.26. The number of hydrogen-bond donors (Lipinski definition) is 1. The predicted molar refractivity (Wildman–Crippen MR) is 128 cm³/mol. The van der Waals surface area contributed by atoms with Gasteiger partial charge in [0.1, 0.15) is 23.1 Å². The number of nitrogens with zero attached hydrogens (tertiary/aromatic N) is 2. The van der Waals surface area contributed by atoms with Crippen LogP contribution in [-0.4, -0.2) is 23.8 Å². The molecule has 0 amide bonds. The number of nitro benzene ring substituents is 1. The number of carbonyl (C=O) groups is 1. The van der Waals surface area contributed by atoms with Crippen LogP contribution in [0.1, 0.15) is 17.0 Å². The lowest BCUT2D eigenvalue weighted by Crippen LogP contribution is -2.21. The Morgan fingerprint density at radius 2 is 1.94 bits per heavy atom. The fourth-order valence-corrected chi connectivity index (χ4v) is 4.07. The van der Waals surface area contributed by atoms with Gasteiger partial charge < -0.3 is 19.9 Å². The lowest BCUT2D eigenvalue weighted by Gasteiger charge is -2.26. The number of rotatable bonds is 7. The Hall–Kier alpha value is -4.49. The van der Waals surface area contributed by atoms with Gasteiger partial charge in [0.2, 0.25) is 5.88 Å². The lowest BCUT2D eigenvalue weighted by atomic mass is 9.83. The number of carbonyl (C=O) groups excluding carboxylic acids is 1. The molecule has 1 aliphatic heterocycles. The number of thioether (sulfide) groups is 1. The van der Waals surface area contributed by atoms with Crippen molar-refractivity contribution in [1.29, 1.82) is 5.26 Å². The summed E-state index contributed by atoms with van der Waals surface area (Å²) in [5, 5.41) is 20.8. The zero-order valence-corrected chi connectivity index (χ0v) is 19.3. The molecular weight excluding hydrogens is 470 g/mol. The molecule has 0 spiro atoms. The van der Waals surface area contributed by atoms with E-state index in [0.29, 0.717) is 11.3 Å². The van der Waals surface area contributed by atoms with Gasteiger partial charge in [-0.05, 0) is 36.1 Å². The third-order valence-electron chi connectivity index (χ3n) is 5.28. The molecule has 0 saturated heterocycles. The normalized spacial score (nSPS) is 14.3. The van der Waals surface area contributed by atoms with E-state index in [1.807, 2.05) is 30.5 Å². The van der Waals surface area contributed by atoms with E-state index in [2.05, 4.69) is 6.07 Å². The van der Waals surface area contributed by atoms with Crippen molar-refractivity contribution in [2.75, 3.05) is 12.9 Å². The van der Waals surface area contributed by atoms with Crippen molar-refractivity contribution in [3.05, 3.63) is 99.4 Å². The fraction of sp³-hybridized carbons (Fsp3) is 0.120. The van der Waals surface area contributed by atoms with Gasteiger partial charge in [-0.25, -0.2) is 4.79 Å². The number of fused-ring (bicyclic) bond motifs is 1. The van der Waals surface area contributed by atoms with Crippen molar-refractivity contribution in [2.24, 2.45) is 5.73 Å². The Kier molecular flexibility index (Phi) is 6.89. The molecule has 9 nitrogen and oxygen atoms in total. The number of hydrogen-bond acceptors (Lipinski definition) is 9. The molecule has 4 rings (SSSR count). The summed E-state index contributed by atoms with van der Waals surface area (Å²) in [6, 6.07) is 20.5. The lowest BCUT2D eigenvalue weighted by molar-refractivity contribution is -0.385. The number of nitro groups is 1. The molecule has 1 aliphatic rings. The maximum atomic E-state index is 12.3. The van der Waals surface area contributed by atoms with Crippen LogP contribution >= 0.6 is 11.8 Å². The van der Waals surface area contributed by atoms with E-state index < -0.39 is 23.4 Å². The highest BCUT2D eigenvalue weighted by atomic mass is 32.2. The van der Waals surface area contributed by atoms with Crippen LogP contribution in [0.25, 0.3) is 0 Å². The molecule has 0 aromatic heterocycles. The van der Waals surface area contributed by atoms with Gasteiger partial charge in [0, 0.05) is 22.6 Å².